The number of carboxylic acids is 1. The lowest BCUT2D eigenvalue weighted by atomic mass is 9.48. The van der Waals surface area contributed by atoms with Gasteiger partial charge in [-0.2, -0.15) is 0 Å². The molecule has 0 bridgehead atoms. The van der Waals surface area contributed by atoms with E-state index in [9.17, 15) is 9.90 Å². The van der Waals surface area contributed by atoms with Gasteiger partial charge in [-0.05, 0) is 97.4 Å². The van der Waals surface area contributed by atoms with Crippen LogP contribution in [0.5, 0.6) is 5.75 Å². The Hall–Kier alpha value is -2.81. The summed E-state index contributed by atoms with van der Waals surface area (Å²) in [6.45, 7) is 12.6. The minimum atomic E-state index is -0.911. The Morgan fingerprint density at radius 2 is 1.84 bits per heavy atom. The van der Waals surface area contributed by atoms with Crippen molar-refractivity contribution >= 4 is 5.97 Å². The van der Waals surface area contributed by atoms with Gasteiger partial charge in [-0.15, -0.1) is 0 Å². The number of allylic oxidation sites excluding steroid dienone is 4. The number of fused-ring (bicyclic) bond motifs is 1. The second-order valence-electron chi connectivity index (χ2n) is 12.3. The molecule has 3 atom stereocenters. The number of carboxylic acid groups (broad SMARTS) is 1. The molecule has 0 aromatic heterocycles. The second kappa shape index (κ2) is 11.3. The van der Waals surface area contributed by atoms with Crippen LogP contribution in [0.4, 0.5) is 0 Å². The van der Waals surface area contributed by atoms with Crippen molar-refractivity contribution in [3.63, 3.8) is 0 Å². The average Bonchev–Trinajstić information content (AvgIpc) is 2.86. The first-order valence-corrected chi connectivity index (χ1v) is 14.0. The minimum absolute atomic E-state index is 0.296. The van der Waals surface area contributed by atoms with Gasteiger partial charge >= 0.3 is 5.97 Å². The van der Waals surface area contributed by atoms with Crippen LogP contribution in [0, 0.1) is 22.7 Å². The molecule has 0 spiro atoms. The monoisotopic (exact) mass is 500 g/mol. The number of hydrogen-bond acceptors (Lipinski definition) is 2. The lowest BCUT2D eigenvalue weighted by molar-refractivity contribution is -0.00656. The molecule has 2 saturated carbocycles. The molecule has 3 heteroatoms. The zero-order chi connectivity index (χ0) is 26.6. The minimum Gasteiger partial charge on any atom is -0.489 e. The van der Waals surface area contributed by atoms with E-state index in [-0.39, 0.29) is 0 Å². The van der Waals surface area contributed by atoms with Gasteiger partial charge in [0.25, 0.3) is 0 Å². The van der Waals surface area contributed by atoms with Crippen molar-refractivity contribution in [1.29, 1.82) is 0 Å². The van der Waals surface area contributed by atoms with Crippen LogP contribution in [-0.2, 0) is 13.0 Å². The maximum Gasteiger partial charge on any atom is 0.335 e. The Morgan fingerprint density at radius 3 is 2.57 bits per heavy atom. The summed E-state index contributed by atoms with van der Waals surface area (Å²) in [4.78, 5) is 11.6. The van der Waals surface area contributed by atoms with Crippen LogP contribution in [0.15, 0.2) is 71.8 Å². The Morgan fingerprint density at radius 1 is 1.08 bits per heavy atom. The van der Waals surface area contributed by atoms with E-state index in [0.717, 1.165) is 29.2 Å². The van der Waals surface area contributed by atoms with Crippen molar-refractivity contribution in [2.45, 2.75) is 86.2 Å². The molecule has 0 radical (unpaired) electrons. The molecule has 2 fully saturated rings. The van der Waals surface area contributed by atoms with Crippen LogP contribution < -0.4 is 4.74 Å². The summed E-state index contributed by atoms with van der Waals surface area (Å²) in [6.07, 6.45) is 13.0. The third kappa shape index (κ3) is 6.20. The zero-order valence-electron chi connectivity index (χ0n) is 23.3. The predicted molar refractivity (Wildman–Crippen MR) is 152 cm³/mol. The fourth-order valence-electron chi connectivity index (χ4n) is 7.13. The van der Waals surface area contributed by atoms with E-state index in [1.54, 1.807) is 23.8 Å². The van der Waals surface area contributed by atoms with Crippen molar-refractivity contribution in [1.82, 2.24) is 0 Å². The average molecular weight is 501 g/mol. The van der Waals surface area contributed by atoms with Crippen molar-refractivity contribution in [3.05, 3.63) is 88.5 Å². The number of carbonyl (C=O) groups is 1. The van der Waals surface area contributed by atoms with E-state index in [1.807, 2.05) is 30.3 Å². The highest BCUT2D eigenvalue weighted by molar-refractivity contribution is 5.88. The molecular formula is C34H44O3. The van der Waals surface area contributed by atoms with Crippen LogP contribution >= 0.6 is 0 Å². The van der Waals surface area contributed by atoms with Gasteiger partial charge in [0.1, 0.15) is 12.4 Å². The highest BCUT2D eigenvalue weighted by atomic mass is 16.5. The Kier molecular flexibility index (Phi) is 8.31. The predicted octanol–water partition coefficient (Wildman–Crippen LogP) is 9.03. The molecule has 1 unspecified atom stereocenters. The first-order valence-electron chi connectivity index (χ1n) is 14.0. The molecular weight excluding hydrogens is 456 g/mol. The molecule has 0 heterocycles. The van der Waals surface area contributed by atoms with Crippen molar-refractivity contribution in [2.24, 2.45) is 22.7 Å². The van der Waals surface area contributed by atoms with E-state index in [2.05, 4.69) is 46.8 Å². The highest BCUT2D eigenvalue weighted by Gasteiger charge is 2.50. The number of hydrogen-bond donors (Lipinski definition) is 1. The van der Waals surface area contributed by atoms with Gasteiger partial charge in [-0.25, -0.2) is 4.79 Å². The third-order valence-corrected chi connectivity index (χ3v) is 9.17. The summed E-state index contributed by atoms with van der Waals surface area (Å²) < 4.78 is 6.12. The Balaban J connectivity index is 1.50. The summed E-state index contributed by atoms with van der Waals surface area (Å²) in [5.41, 5.74) is 6.02. The van der Waals surface area contributed by atoms with E-state index in [1.165, 1.54) is 37.7 Å². The molecule has 3 nitrogen and oxygen atoms in total. The van der Waals surface area contributed by atoms with E-state index in [4.69, 9.17) is 4.74 Å². The summed E-state index contributed by atoms with van der Waals surface area (Å²) in [6, 6.07) is 15.2. The van der Waals surface area contributed by atoms with Crippen LogP contribution in [0.1, 0.15) is 94.6 Å². The molecule has 198 valence electrons. The largest absolute Gasteiger partial charge is 0.489 e. The number of ether oxygens (including phenoxy) is 1. The summed E-state index contributed by atoms with van der Waals surface area (Å²) >= 11 is 0. The van der Waals surface area contributed by atoms with Crippen LogP contribution in [0.3, 0.4) is 0 Å². The van der Waals surface area contributed by atoms with Crippen LogP contribution in [0.25, 0.3) is 0 Å². The van der Waals surface area contributed by atoms with Gasteiger partial charge in [0.05, 0.1) is 5.56 Å². The molecule has 0 aliphatic heterocycles. The SMILES string of the molecule is C/C(=C\Cc1cc(C(=O)O)ccc1OCc1ccccc1)C/C=C1\C(C)CC[C@@H]2C(C)(C)CCC[C@@]12C. The fraction of sp³-hybridized carbons (Fsp3) is 0.500. The van der Waals surface area contributed by atoms with Gasteiger partial charge < -0.3 is 9.84 Å². The summed E-state index contributed by atoms with van der Waals surface area (Å²) in [5.74, 6) is 1.25. The molecule has 2 aromatic carbocycles. The van der Waals surface area contributed by atoms with E-state index in [0.29, 0.717) is 35.3 Å². The molecule has 0 saturated heterocycles. The fourth-order valence-corrected chi connectivity index (χ4v) is 7.13. The Labute approximate surface area is 223 Å². The molecule has 2 aliphatic rings. The maximum absolute atomic E-state index is 11.6. The smallest absolute Gasteiger partial charge is 0.335 e. The van der Waals surface area contributed by atoms with E-state index < -0.39 is 5.97 Å². The standard InChI is InChI=1S/C34H44O3/c1-24(13-17-29-25(2)14-19-31-33(3,4)20-9-21-34(29,31)5)12-15-27-22-28(32(35)36)16-18-30(27)37-23-26-10-7-6-8-11-26/h6-8,10-12,16-18,22,25,31H,9,13-15,19-21,23H2,1-5H3,(H,35,36)/b24-12+,29-17+/t25?,31-,34+/m1/s1. The molecule has 4 rings (SSSR count). The van der Waals surface area contributed by atoms with Crippen molar-refractivity contribution in [3.8, 4) is 5.75 Å². The molecule has 2 aromatic rings. The zero-order valence-corrected chi connectivity index (χ0v) is 23.3. The Bertz CT molecular complexity index is 1160. The number of benzene rings is 2. The summed E-state index contributed by atoms with van der Waals surface area (Å²) in [5, 5.41) is 9.53. The van der Waals surface area contributed by atoms with Gasteiger partial charge in [0.15, 0.2) is 0 Å². The number of aromatic carboxylic acids is 1. The first-order chi connectivity index (χ1) is 17.6. The lowest BCUT2D eigenvalue weighted by Crippen LogP contribution is -2.47. The lowest BCUT2D eigenvalue weighted by Gasteiger charge is -2.56. The number of rotatable bonds is 8. The maximum atomic E-state index is 11.6. The van der Waals surface area contributed by atoms with Crippen LogP contribution in [0.2, 0.25) is 0 Å². The second-order valence-corrected chi connectivity index (χ2v) is 12.3. The molecule has 2 aliphatic carbocycles. The van der Waals surface area contributed by atoms with Gasteiger partial charge in [-0.3, -0.25) is 0 Å². The quantitative estimate of drug-likeness (QED) is 0.368. The van der Waals surface area contributed by atoms with E-state index >= 15 is 0 Å². The van der Waals surface area contributed by atoms with Crippen LogP contribution in [-0.4, -0.2) is 11.1 Å². The molecule has 37 heavy (non-hydrogen) atoms. The van der Waals surface area contributed by atoms with Crippen molar-refractivity contribution < 1.29 is 14.6 Å². The van der Waals surface area contributed by atoms with Gasteiger partial charge in [0.2, 0.25) is 0 Å². The van der Waals surface area contributed by atoms with Crippen molar-refractivity contribution in [2.75, 3.05) is 0 Å². The topological polar surface area (TPSA) is 46.5 Å². The first kappa shape index (κ1) is 27.2. The summed E-state index contributed by atoms with van der Waals surface area (Å²) in [7, 11) is 0. The molecule has 0 amide bonds. The van der Waals surface area contributed by atoms with Gasteiger partial charge in [0, 0.05) is 0 Å². The third-order valence-electron chi connectivity index (χ3n) is 9.17. The highest BCUT2D eigenvalue weighted by Crippen LogP contribution is 2.61. The normalized spacial score (nSPS) is 26.5. The van der Waals surface area contributed by atoms with Gasteiger partial charge in [-0.1, -0.05) is 87.7 Å². The molecule has 1 N–H and O–H groups in total.